The van der Waals surface area contributed by atoms with Crippen molar-refractivity contribution in [1.82, 2.24) is 0 Å². The first-order chi connectivity index (χ1) is 7.71. The predicted molar refractivity (Wildman–Crippen MR) is 64.4 cm³/mol. The number of hydrogen-bond acceptors (Lipinski definition) is 2. The molecule has 1 aromatic rings. The van der Waals surface area contributed by atoms with Crippen LogP contribution in [0.25, 0.3) is 0 Å². The topological polar surface area (TPSA) is 18.5 Å². The minimum atomic E-state index is -0.0481. The van der Waals surface area contributed by atoms with Crippen LogP contribution in [-0.4, -0.2) is 14.2 Å². The van der Waals surface area contributed by atoms with E-state index in [1.807, 2.05) is 25.1 Å². The molecule has 0 spiro atoms. The number of methoxy groups -OCH3 is 2. The first kappa shape index (κ1) is 12.0. The van der Waals surface area contributed by atoms with Gasteiger partial charge in [0, 0.05) is 5.56 Å². The Hall–Kier alpha value is -2.06. The second-order valence-corrected chi connectivity index (χ2v) is 3.23. The van der Waals surface area contributed by atoms with E-state index in [0.29, 0.717) is 11.5 Å². The van der Waals surface area contributed by atoms with Crippen molar-refractivity contribution >= 4 is 0 Å². The van der Waals surface area contributed by atoms with Gasteiger partial charge < -0.3 is 9.47 Å². The van der Waals surface area contributed by atoms with Gasteiger partial charge in [-0.15, -0.1) is 6.42 Å². The van der Waals surface area contributed by atoms with Crippen LogP contribution in [0.5, 0.6) is 11.5 Å². The van der Waals surface area contributed by atoms with Crippen LogP contribution in [0.1, 0.15) is 12.5 Å². The molecule has 0 aliphatic heterocycles. The van der Waals surface area contributed by atoms with Crippen molar-refractivity contribution in [2.75, 3.05) is 14.2 Å². The third kappa shape index (κ3) is 2.97. The molecule has 1 aromatic carbocycles. The van der Waals surface area contributed by atoms with Crippen molar-refractivity contribution in [1.29, 1.82) is 0 Å². The van der Waals surface area contributed by atoms with Crippen molar-refractivity contribution in [2.45, 2.75) is 6.92 Å². The van der Waals surface area contributed by atoms with Gasteiger partial charge in [-0.05, 0) is 25.1 Å². The molecule has 0 bridgehead atoms. The van der Waals surface area contributed by atoms with Crippen molar-refractivity contribution in [2.24, 2.45) is 5.92 Å². The fourth-order valence-electron chi connectivity index (χ4n) is 1.15. The molecule has 0 radical (unpaired) electrons. The molecule has 1 unspecified atom stereocenters. The van der Waals surface area contributed by atoms with Crippen molar-refractivity contribution in [3.63, 3.8) is 0 Å². The van der Waals surface area contributed by atoms with E-state index in [4.69, 9.17) is 15.9 Å². The summed E-state index contributed by atoms with van der Waals surface area (Å²) in [6, 6.07) is 5.52. The maximum Gasteiger partial charge on any atom is 0.161 e. The molecule has 0 aliphatic carbocycles. The lowest BCUT2D eigenvalue weighted by molar-refractivity contribution is 0.355. The third-order valence-corrected chi connectivity index (χ3v) is 2.07. The van der Waals surface area contributed by atoms with Crippen molar-refractivity contribution in [3.05, 3.63) is 23.8 Å². The fraction of sp³-hybridized carbons (Fsp3) is 0.286. The molecule has 16 heavy (non-hydrogen) atoms. The molecule has 1 atom stereocenters. The van der Waals surface area contributed by atoms with Gasteiger partial charge in [-0.3, -0.25) is 0 Å². The van der Waals surface area contributed by atoms with Crippen LogP contribution in [0.3, 0.4) is 0 Å². The molecule has 0 aliphatic rings. The average Bonchev–Trinajstić information content (AvgIpc) is 2.35. The zero-order valence-electron chi connectivity index (χ0n) is 9.70. The van der Waals surface area contributed by atoms with E-state index < -0.39 is 0 Å². The standard InChI is InChI=1S/C14H14O2/c1-5-11(2)6-7-12-8-9-13(15-3)14(10-12)16-4/h1,8-11H,2-4H3. The highest BCUT2D eigenvalue weighted by atomic mass is 16.5. The van der Waals surface area contributed by atoms with Gasteiger partial charge in [0.1, 0.15) is 0 Å². The monoisotopic (exact) mass is 214 g/mol. The lowest BCUT2D eigenvalue weighted by Gasteiger charge is -2.06. The van der Waals surface area contributed by atoms with Crippen LogP contribution in [0.2, 0.25) is 0 Å². The normalized spacial score (nSPS) is 10.6. The molecule has 0 amide bonds. The molecule has 0 saturated carbocycles. The lowest BCUT2D eigenvalue weighted by atomic mass is 10.1. The number of ether oxygens (including phenoxy) is 2. The quantitative estimate of drug-likeness (QED) is 0.703. The van der Waals surface area contributed by atoms with Gasteiger partial charge >= 0.3 is 0 Å². The third-order valence-electron chi connectivity index (χ3n) is 2.07. The van der Waals surface area contributed by atoms with Crippen LogP contribution < -0.4 is 9.47 Å². The van der Waals surface area contributed by atoms with Gasteiger partial charge in [0.15, 0.2) is 11.5 Å². The first-order valence-electron chi connectivity index (χ1n) is 4.91. The minimum Gasteiger partial charge on any atom is -0.493 e. The van der Waals surface area contributed by atoms with Crippen LogP contribution in [0.4, 0.5) is 0 Å². The summed E-state index contributed by atoms with van der Waals surface area (Å²) in [7, 11) is 3.20. The Labute approximate surface area is 96.6 Å². The van der Waals surface area contributed by atoms with Crippen LogP contribution in [0.15, 0.2) is 18.2 Å². The molecule has 2 heteroatoms. The van der Waals surface area contributed by atoms with Gasteiger partial charge in [0.2, 0.25) is 0 Å². The lowest BCUT2D eigenvalue weighted by Crippen LogP contribution is -1.91. The number of benzene rings is 1. The summed E-state index contributed by atoms with van der Waals surface area (Å²) in [6.45, 7) is 1.88. The largest absolute Gasteiger partial charge is 0.493 e. The highest BCUT2D eigenvalue weighted by molar-refractivity contribution is 5.48. The Kier molecular flexibility index (Phi) is 4.30. The van der Waals surface area contributed by atoms with E-state index in [-0.39, 0.29) is 5.92 Å². The highest BCUT2D eigenvalue weighted by Gasteiger charge is 2.02. The Morgan fingerprint density at radius 1 is 1.19 bits per heavy atom. The number of terminal acetylenes is 1. The minimum absolute atomic E-state index is 0.0481. The summed E-state index contributed by atoms with van der Waals surface area (Å²) in [5, 5.41) is 0. The maximum absolute atomic E-state index is 5.24. The Balaban J connectivity index is 2.99. The van der Waals surface area contributed by atoms with E-state index in [9.17, 15) is 0 Å². The number of hydrogen-bond donors (Lipinski definition) is 0. The second-order valence-electron chi connectivity index (χ2n) is 3.23. The summed E-state index contributed by atoms with van der Waals surface area (Å²) in [5.41, 5.74) is 0.861. The molecule has 0 fully saturated rings. The van der Waals surface area contributed by atoms with Gasteiger partial charge in [-0.25, -0.2) is 0 Å². The average molecular weight is 214 g/mol. The summed E-state index contributed by atoms with van der Waals surface area (Å²) in [6.07, 6.45) is 5.24. The Morgan fingerprint density at radius 3 is 2.44 bits per heavy atom. The molecular formula is C14H14O2. The zero-order chi connectivity index (χ0) is 12.0. The smallest absolute Gasteiger partial charge is 0.161 e. The highest BCUT2D eigenvalue weighted by Crippen LogP contribution is 2.27. The number of rotatable bonds is 2. The molecule has 0 N–H and O–H groups in total. The van der Waals surface area contributed by atoms with E-state index >= 15 is 0 Å². The van der Waals surface area contributed by atoms with Crippen LogP contribution in [0, 0.1) is 30.1 Å². The van der Waals surface area contributed by atoms with Gasteiger partial charge in [-0.2, -0.15) is 0 Å². The maximum atomic E-state index is 5.24. The zero-order valence-corrected chi connectivity index (χ0v) is 9.70. The van der Waals surface area contributed by atoms with E-state index in [1.165, 1.54) is 0 Å². The van der Waals surface area contributed by atoms with Crippen LogP contribution in [-0.2, 0) is 0 Å². The summed E-state index contributed by atoms with van der Waals surface area (Å²) >= 11 is 0. The molecular weight excluding hydrogens is 200 g/mol. The van der Waals surface area contributed by atoms with Crippen LogP contribution >= 0.6 is 0 Å². The molecule has 0 heterocycles. The van der Waals surface area contributed by atoms with E-state index in [1.54, 1.807) is 14.2 Å². The Morgan fingerprint density at radius 2 is 1.88 bits per heavy atom. The van der Waals surface area contributed by atoms with Gasteiger partial charge in [0.25, 0.3) is 0 Å². The van der Waals surface area contributed by atoms with Crippen molar-refractivity contribution in [3.8, 4) is 35.7 Å². The molecule has 0 saturated heterocycles. The van der Waals surface area contributed by atoms with Gasteiger partial charge in [-0.1, -0.05) is 17.8 Å². The molecule has 1 rings (SSSR count). The van der Waals surface area contributed by atoms with Gasteiger partial charge in [0.05, 0.1) is 20.1 Å². The van der Waals surface area contributed by atoms with E-state index in [0.717, 1.165) is 5.56 Å². The van der Waals surface area contributed by atoms with E-state index in [2.05, 4.69) is 17.8 Å². The second kappa shape index (κ2) is 5.73. The first-order valence-corrected chi connectivity index (χ1v) is 4.91. The SMILES string of the molecule is C#CC(C)C#Cc1ccc(OC)c(OC)c1. The Bertz CT molecular complexity index is 458. The summed E-state index contributed by atoms with van der Waals surface area (Å²) in [4.78, 5) is 0. The predicted octanol–water partition coefficient (Wildman–Crippen LogP) is 2.32. The summed E-state index contributed by atoms with van der Waals surface area (Å²) < 4.78 is 10.3. The summed E-state index contributed by atoms with van der Waals surface area (Å²) in [5.74, 6) is 9.82. The molecule has 2 nitrogen and oxygen atoms in total. The molecule has 82 valence electrons. The fourth-order valence-corrected chi connectivity index (χ4v) is 1.15. The van der Waals surface area contributed by atoms with Crippen molar-refractivity contribution < 1.29 is 9.47 Å². The molecule has 0 aromatic heterocycles.